The summed E-state index contributed by atoms with van der Waals surface area (Å²) in [7, 11) is 0. The van der Waals surface area contributed by atoms with Crippen molar-refractivity contribution >= 4 is 44.5 Å². The minimum absolute atomic E-state index is 0.0217. The maximum Gasteiger partial charge on any atom is 0.410 e. The molecule has 2 aliphatic rings. The maximum absolute atomic E-state index is 12.3. The second-order valence-electron chi connectivity index (χ2n) is 10.4. The number of halogens is 2. The zero-order chi connectivity index (χ0) is 25.7. The van der Waals surface area contributed by atoms with Gasteiger partial charge < -0.3 is 23.8 Å². The molecule has 0 bridgehead atoms. The Bertz CT molecular complexity index is 1030. The van der Waals surface area contributed by atoms with Crippen LogP contribution < -0.4 is 0 Å². The van der Waals surface area contributed by atoms with Gasteiger partial charge in [0.25, 0.3) is 0 Å². The molecule has 8 nitrogen and oxygen atoms in total. The number of carbonyl (C=O) groups is 1. The summed E-state index contributed by atoms with van der Waals surface area (Å²) in [6.07, 6.45) is 7.35. The summed E-state index contributed by atoms with van der Waals surface area (Å²) in [4.78, 5) is 14.0. The molecule has 1 unspecified atom stereocenters. The molecule has 0 spiro atoms. The summed E-state index contributed by atoms with van der Waals surface area (Å²) in [5.41, 5.74) is 1.59. The van der Waals surface area contributed by atoms with Crippen LogP contribution in [0.25, 0.3) is 10.9 Å². The number of ether oxygens (including phenoxy) is 4. The van der Waals surface area contributed by atoms with Gasteiger partial charge in [0, 0.05) is 34.6 Å². The van der Waals surface area contributed by atoms with Gasteiger partial charge in [-0.1, -0.05) is 11.6 Å². The third kappa shape index (κ3) is 7.13. The third-order valence-corrected chi connectivity index (χ3v) is 7.62. The number of hydrogen-bond acceptors (Lipinski definition) is 6. The van der Waals surface area contributed by atoms with Crippen LogP contribution in [0, 0.1) is 0 Å². The zero-order valence-corrected chi connectivity index (χ0v) is 23.8. The fourth-order valence-electron chi connectivity index (χ4n) is 4.57. The number of benzene rings is 1. The second-order valence-corrected chi connectivity index (χ2v) is 11.6. The van der Waals surface area contributed by atoms with Crippen LogP contribution in [0.5, 0.6) is 0 Å². The van der Waals surface area contributed by atoms with Gasteiger partial charge in [0.15, 0.2) is 6.23 Å². The smallest absolute Gasteiger partial charge is 0.410 e. The quantitative estimate of drug-likeness (QED) is 0.347. The Balaban J connectivity index is 1.22. The van der Waals surface area contributed by atoms with Crippen LogP contribution in [-0.4, -0.2) is 72.0 Å². The fourth-order valence-corrected chi connectivity index (χ4v) is 5.69. The van der Waals surface area contributed by atoms with E-state index in [-0.39, 0.29) is 18.4 Å². The van der Waals surface area contributed by atoms with Crippen molar-refractivity contribution in [2.75, 3.05) is 39.5 Å². The Labute approximate surface area is 226 Å². The predicted molar refractivity (Wildman–Crippen MR) is 143 cm³/mol. The van der Waals surface area contributed by atoms with Crippen molar-refractivity contribution in [3.05, 3.63) is 27.3 Å². The molecule has 200 valence electrons. The number of carbonyl (C=O) groups excluding carboxylic acids is 1. The average molecular weight is 587 g/mol. The Morgan fingerprint density at radius 3 is 2.83 bits per heavy atom. The monoisotopic (exact) mass is 585 g/mol. The van der Waals surface area contributed by atoms with E-state index in [0.29, 0.717) is 32.9 Å². The summed E-state index contributed by atoms with van der Waals surface area (Å²) >= 11 is 10.5. The zero-order valence-electron chi connectivity index (χ0n) is 21.4. The number of nitrogens with zero attached hydrogens (tertiary/aromatic N) is 3. The Kier molecular flexibility index (Phi) is 9.55. The van der Waals surface area contributed by atoms with Gasteiger partial charge in [0.2, 0.25) is 0 Å². The van der Waals surface area contributed by atoms with E-state index in [1.807, 2.05) is 37.7 Å². The fraction of sp³-hybridized carbons (Fsp3) is 0.692. The highest BCUT2D eigenvalue weighted by Gasteiger charge is 2.28. The Morgan fingerprint density at radius 1 is 1.25 bits per heavy atom. The average Bonchev–Trinajstić information content (AvgIpc) is 3.26. The van der Waals surface area contributed by atoms with Gasteiger partial charge in [-0.3, -0.25) is 0 Å². The molecule has 2 saturated heterocycles. The van der Waals surface area contributed by atoms with Crippen LogP contribution >= 0.6 is 27.5 Å². The molecule has 2 aromatic rings. The van der Waals surface area contributed by atoms with E-state index in [9.17, 15) is 4.79 Å². The normalized spacial score (nSPS) is 21.2. The number of amides is 1. The summed E-state index contributed by atoms with van der Waals surface area (Å²) in [6, 6.07) is 2.01. The highest BCUT2D eigenvalue weighted by molar-refractivity contribution is 9.10. The molecule has 36 heavy (non-hydrogen) atoms. The van der Waals surface area contributed by atoms with Crippen LogP contribution in [0.1, 0.15) is 64.7 Å². The molecule has 2 atom stereocenters. The standard InChI is InChI=1S/C26H37BrClN3O5/c1-26(2,3)36-25(32)30-10-13-34-18(16-30)17-33-11-6-4-8-19-21(28)14-22-20(24(19)27)15-29-31(22)23-9-5-7-12-35-23/h14-15,18,23H,4-13,16-17H2,1-3H3/t18-,23?/m1/s1. The van der Waals surface area contributed by atoms with E-state index in [1.54, 1.807) is 4.90 Å². The molecule has 4 rings (SSSR count). The van der Waals surface area contributed by atoms with Crippen molar-refractivity contribution in [1.82, 2.24) is 14.7 Å². The lowest BCUT2D eigenvalue weighted by molar-refractivity contribution is -0.0727. The van der Waals surface area contributed by atoms with E-state index >= 15 is 0 Å². The van der Waals surface area contributed by atoms with Gasteiger partial charge in [0.1, 0.15) is 5.60 Å². The van der Waals surface area contributed by atoms with Crippen molar-refractivity contribution in [1.29, 1.82) is 0 Å². The van der Waals surface area contributed by atoms with Crippen LogP contribution in [0.3, 0.4) is 0 Å². The maximum atomic E-state index is 12.3. The topological polar surface area (TPSA) is 75.0 Å². The molecule has 0 saturated carbocycles. The molecule has 2 fully saturated rings. The molecule has 0 radical (unpaired) electrons. The molecule has 2 aliphatic heterocycles. The van der Waals surface area contributed by atoms with E-state index in [2.05, 4.69) is 21.0 Å². The molecular weight excluding hydrogens is 550 g/mol. The van der Waals surface area contributed by atoms with Gasteiger partial charge >= 0.3 is 6.09 Å². The number of rotatable bonds is 8. The summed E-state index contributed by atoms with van der Waals surface area (Å²) in [6.45, 7) is 8.98. The minimum Gasteiger partial charge on any atom is -0.444 e. The van der Waals surface area contributed by atoms with E-state index in [4.69, 9.17) is 30.5 Å². The molecule has 10 heteroatoms. The van der Waals surface area contributed by atoms with Crippen molar-refractivity contribution in [3.8, 4) is 0 Å². The SMILES string of the molecule is CC(C)(C)OC(=O)N1CCO[C@@H](COCCCCc2c(Cl)cc3c(cnn3C3CCCCO3)c2Br)C1. The van der Waals surface area contributed by atoms with Gasteiger partial charge in [-0.2, -0.15) is 5.10 Å². The van der Waals surface area contributed by atoms with Gasteiger partial charge in [-0.15, -0.1) is 0 Å². The van der Waals surface area contributed by atoms with E-state index in [0.717, 1.165) is 71.1 Å². The van der Waals surface area contributed by atoms with Crippen molar-refractivity contribution in [2.24, 2.45) is 0 Å². The lowest BCUT2D eigenvalue weighted by Crippen LogP contribution is -2.48. The first-order valence-corrected chi connectivity index (χ1v) is 14.0. The highest BCUT2D eigenvalue weighted by atomic mass is 79.9. The van der Waals surface area contributed by atoms with Crippen molar-refractivity contribution < 1.29 is 23.7 Å². The molecule has 0 aliphatic carbocycles. The Morgan fingerprint density at radius 2 is 2.08 bits per heavy atom. The van der Waals surface area contributed by atoms with Crippen LogP contribution in [0.15, 0.2) is 16.7 Å². The lowest BCUT2D eigenvalue weighted by Gasteiger charge is -2.34. The number of fused-ring (bicyclic) bond motifs is 1. The number of morpholine rings is 1. The molecule has 3 heterocycles. The van der Waals surface area contributed by atoms with Crippen LogP contribution in [0.4, 0.5) is 4.79 Å². The van der Waals surface area contributed by atoms with Crippen molar-refractivity contribution in [2.45, 2.75) is 77.2 Å². The van der Waals surface area contributed by atoms with E-state index in [1.165, 1.54) is 0 Å². The first-order chi connectivity index (χ1) is 17.2. The van der Waals surface area contributed by atoms with Gasteiger partial charge in [0.05, 0.1) is 37.6 Å². The van der Waals surface area contributed by atoms with Crippen molar-refractivity contribution in [3.63, 3.8) is 0 Å². The molecule has 1 amide bonds. The highest BCUT2D eigenvalue weighted by Crippen LogP contribution is 2.36. The van der Waals surface area contributed by atoms with Gasteiger partial charge in [-0.05, 0) is 86.9 Å². The number of hydrogen-bond donors (Lipinski definition) is 0. The first-order valence-electron chi connectivity index (χ1n) is 12.9. The Hall–Kier alpha value is -1.39. The molecule has 1 aromatic carbocycles. The largest absolute Gasteiger partial charge is 0.444 e. The number of unbranched alkanes of at least 4 members (excludes halogenated alkanes) is 1. The molecular formula is C26H37BrClN3O5. The van der Waals surface area contributed by atoms with Gasteiger partial charge in [-0.25, -0.2) is 9.48 Å². The summed E-state index contributed by atoms with van der Waals surface area (Å²) < 4.78 is 26.0. The second kappa shape index (κ2) is 12.4. The lowest BCUT2D eigenvalue weighted by atomic mass is 10.1. The first kappa shape index (κ1) is 27.6. The predicted octanol–water partition coefficient (Wildman–Crippen LogP) is 6.13. The summed E-state index contributed by atoms with van der Waals surface area (Å²) in [5, 5.41) is 6.40. The van der Waals surface area contributed by atoms with Crippen LogP contribution in [-0.2, 0) is 25.4 Å². The summed E-state index contributed by atoms with van der Waals surface area (Å²) in [5.74, 6) is 0. The number of aromatic nitrogens is 2. The minimum atomic E-state index is -0.506. The van der Waals surface area contributed by atoms with Crippen LogP contribution in [0.2, 0.25) is 5.02 Å². The molecule has 1 aromatic heterocycles. The molecule has 0 N–H and O–H groups in total. The van der Waals surface area contributed by atoms with E-state index < -0.39 is 5.60 Å². The third-order valence-electron chi connectivity index (χ3n) is 6.38.